The lowest BCUT2D eigenvalue weighted by molar-refractivity contribution is 0.0374. The van der Waals surface area contributed by atoms with Crippen molar-refractivity contribution in [2.24, 2.45) is 0 Å². The van der Waals surface area contributed by atoms with E-state index in [1.807, 2.05) is 43.3 Å². The van der Waals surface area contributed by atoms with Crippen molar-refractivity contribution in [2.75, 3.05) is 65.5 Å². The first-order valence-corrected chi connectivity index (χ1v) is 11.6. The van der Waals surface area contributed by atoms with Gasteiger partial charge in [0.25, 0.3) is 5.91 Å². The molecule has 2 heterocycles. The number of rotatable bonds is 9. The number of ether oxygens (including phenoxy) is 3. The minimum atomic E-state index is -0.176. The molecule has 1 aliphatic rings. The van der Waals surface area contributed by atoms with Crippen molar-refractivity contribution in [3.05, 3.63) is 54.2 Å². The lowest BCUT2D eigenvalue weighted by Gasteiger charge is -2.26. The molecule has 3 aromatic rings. The molecule has 1 N–H and O–H groups in total. The van der Waals surface area contributed by atoms with Crippen LogP contribution in [0.3, 0.4) is 0 Å². The lowest BCUT2D eigenvalue weighted by atomic mass is 10.1. The van der Waals surface area contributed by atoms with Crippen molar-refractivity contribution in [1.29, 1.82) is 0 Å². The van der Waals surface area contributed by atoms with Crippen molar-refractivity contribution in [3.8, 4) is 17.2 Å². The Morgan fingerprint density at radius 3 is 2.74 bits per heavy atom. The normalized spacial score (nSPS) is 14.1. The highest BCUT2D eigenvalue weighted by Gasteiger charge is 2.17. The molecular weight excluding hydrogens is 432 g/mol. The predicted octanol–water partition coefficient (Wildman–Crippen LogP) is 3.55. The maximum Gasteiger partial charge on any atom is 0.255 e. The standard InChI is InChI=1S/C26H32N4O4/c1-29(2)19-6-4-7-20(16-19)34-24-8-10-27-23-18-25(32-3)22(17-21(23)24)26(31)28-9-5-11-30-12-14-33-15-13-30/h4,6-8,10,16-18H,5,9,11-15H2,1-3H3,(H,28,31). The summed E-state index contributed by atoms with van der Waals surface area (Å²) in [7, 11) is 5.53. The maximum atomic E-state index is 13.0. The third kappa shape index (κ3) is 5.76. The zero-order valence-corrected chi connectivity index (χ0v) is 20.0. The van der Waals surface area contributed by atoms with Gasteiger partial charge >= 0.3 is 0 Å². The molecule has 1 aliphatic heterocycles. The van der Waals surface area contributed by atoms with Gasteiger partial charge in [-0.2, -0.15) is 0 Å². The molecule has 0 bridgehead atoms. The number of benzene rings is 2. The van der Waals surface area contributed by atoms with E-state index in [9.17, 15) is 4.79 Å². The summed E-state index contributed by atoms with van der Waals surface area (Å²) >= 11 is 0. The third-order valence-corrected chi connectivity index (χ3v) is 5.87. The van der Waals surface area contributed by atoms with Crippen LogP contribution in [0.1, 0.15) is 16.8 Å². The number of hydrogen-bond donors (Lipinski definition) is 1. The Morgan fingerprint density at radius 2 is 1.97 bits per heavy atom. The lowest BCUT2D eigenvalue weighted by Crippen LogP contribution is -2.38. The molecule has 1 amide bonds. The van der Waals surface area contributed by atoms with Gasteiger partial charge in [0.2, 0.25) is 0 Å². The molecule has 0 radical (unpaired) electrons. The molecular formula is C26H32N4O4. The molecule has 4 rings (SSSR count). The van der Waals surface area contributed by atoms with E-state index in [1.165, 1.54) is 0 Å². The fourth-order valence-corrected chi connectivity index (χ4v) is 3.96. The van der Waals surface area contributed by atoms with Gasteiger partial charge in [0.15, 0.2) is 0 Å². The number of fused-ring (bicyclic) bond motifs is 1. The molecule has 0 aliphatic carbocycles. The summed E-state index contributed by atoms with van der Waals surface area (Å²) in [5.74, 6) is 1.65. The average molecular weight is 465 g/mol. The van der Waals surface area contributed by atoms with Gasteiger partial charge in [0, 0.05) is 63.1 Å². The van der Waals surface area contributed by atoms with E-state index < -0.39 is 0 Å². The molecule has 1 fully saturated rings. The first-order chi connectivity index (χ1) is 16.5. The van der Waals surface area contributed by atoms with Crippen LogP contribution >= 0.6 is 0 Å². The minimum Gasteiger partial charge on any atom is -0.496 e. The molecule has 180 valence electrons. The molecule has 34 heavy (non-hydrogen) atoms. The molecule has 8 heteroatoms. The van der Waals surface area contributed by atoms with Gasteiger partial charge in [-0.25, -0.2) is 0 Å². The highest BCUT2D eigenvalue weighted by molar-refractivity contribution is 6.02. The number of nitrogens with zero attached hydrogens (tertiary/aromatic N) is 3. The summed E-state index contributed by atoms with van der Waals surface area (Å²) in [4.78, 5) is 21.8. The fourth-order valence-electron chi connectivity index (χ4n) is 3.96. The number of hydrogen-bond acceptors (Lipinski definition) is 7. The number of aromatic nitrogens is 1. The molecule has 0 unspecified atom stereocenters. The van der Waals surface area contributed by atoms with E-state index in [2.05, 4.69) is 15.2 Å². The van der Waals surface area contributed by atoms with Crippen LogP contribution in [0.2, 0.25) is 0 Å². The summed E-state index contributed by atoms with van der Waals surface area (Å²) in [6.07, 6.45) is 2.57. The molecule has 1 aromatic heterocycles. The predicted molar refractivity (Wildman–Crippen MR) is 133 cm³/mol. The van der Waals surface area contributed by atoms with Gasteiger partial charge in [0.05, 0.1) is 31.4 Å². The maximum absolute atomic E-state index is 13.0. The van der Waals surface area contributed by atoms with Crippen LogP contribution in [0.5, 0.6) is 17.2 Å². The van der Waals surface area contributed by atoms with Gasteiger partial charge in [-0.15, -0.1) is 0 Å². The van der Waals surface area contributed by atoms with E-state index in [4.69, 9.17) is 14.2 Å². The number of carbonyl (C=O) groups excluding carboxylic acids is 1. The topological polar surface area (TPSA) is 76.2 Å². The smallest absolute Gasteiger partial charge is 0.255 e. The van der Waals surface area contributed by atoms with Gasteiger partial charge < -0.3 is 24.4 Å². The van der Waals surface area contributed by atoms with Crippen molar-refractivity contribution < 1.29 is 19.0 Å². The number of carbonyl (C=O) groups is 1. The summed E-state index contributed by atoms with van der Waals surface area (Å²) < 4.78 is 17.1. The summed E-state index contributed by atoms with van der Waals surface area (Å²) in [6.45, 7) is 4.97. The first kappa shape index (κ1) is 23.8. The quantitative estimate of drug-likeness (QED) is 0.485. The van der Waals surface area contributed by atoms with Crippen LogP contribution in [0.25, 0.3) is 10.9 Å². The highest BCUT2D eigenvalue weighted by Crippen LogP contribution is 2.34. The van der Waals surface area contributed by atoms with E-state index in [1.54, 1.807) is 31.5 Å². The molecule has 0 spiro atoms. The summed E-state index contributed by atoms with van der Waals surface area (Å²) in [6, 6.07) is 13.2. The molecule has 2 aromatic carbocycles. The largest absolute Gasteiger partial charge is 0.496 e. The monoisotopic (exact) mass is 464 g/mol. The first-order valence-electron chi connectivity index (χ1n) is 11.6. The van der Waals surface area contributed by atoms with Gasteiger partial charge in [-0.05, 0) is 37.2 Å². The Labute approximate surface area is 200 Å². The van der Waals surface area contributed by atoms with Crippen LogP contribution in [-0.2, 0) is 4.74 Å². The number of methoxy groups -OCH3 is 1. The van der Waals surface area contributed by atoms with Gasteiger partial charge in [-0.3, -0.25) is 14.7 Å². The second-order valence-electron chi connectivity index (χ2n) is 8.44. The zero-order chi connectivity index (χ0) is 23.9. The van der Waals surface area contributed by atoms with E-state index in [0.29, 0.717) is 34.9 Å². The number of nitrogens with one attached hydrogen (secondary N) is 1. The number of anilines is 1. The average Bonchev–Trinajstić information content (AvgIpc) is 2.86. The molecule has 0 atom stereocenters. The summed E-state index contributed by atoms with van der Waals surface area (Å²) in [5, 5.41) is 3.77. The van der Waals surface area contributed by atoms with E-state index in [-0.39, 0.29) is 5.91 Å². The second-order valence-corrected chi connectivity index (χ2v) is 8.44. The second kappa shape index (κ2) is 11.2. The van der Waals surface area contributed by atoms with Crippen molar-refractivity contribution in [1.82, 2.24) is 15.2 Å². The van der Waals surface area contributed by atoms with Crippen molar-refractivity contribution in [3.63, 3.8) is 0 Å². The van der Waals surface area contributed by atoms with Crippen molar-refractivity contribution in [2.45, 2.75) is 6.42 Å². The highest BCUT2D eigenvalue weighted by atomic mass is 16.5. The Balaban J connectivity index is 1.51. The van der Waals surface area contributed by atoms with Gasteiger partial charge in [0.1, 0.15) is 17.2 Å². The number of pyridine rings is 1. The fraction of sp³-hybridized carbons (Fsp3) is 0.385. The number of morpholine rings is 1. The van der Waals surface area contributed by atoms with Crippen LogP contribution < -0.4 is 19.7 Å². The Hall–Kier alpha value is -3.36. The number of amides is 1. The Bertz CT molecular complexity index is 1130. The van der Waals surface area contributed by atoms with Crippen LogP contribution in [-0.4, -0.2) is 76.4 Å². The summed E-state index contributed by atoms with van der Waals surface area (Å²) in [5.41, 5.74) is 2.19. The zero-order valence-electron chi connectivity index (χ0n) is 20.0. The molecule has 0 saturated carbocycles. The van der Waals surface area contributed by atoms with Crippen LogP contribution in [0.4, 0.5) is 5.69 Å². The Kier molecular flexibility index (Phi) is 7.82. The molecule has 1 saturated heterocycles. The van der Waals surface area contributed by atoms with Crippen LogP contribution in [0.15, 0.2) is 48.7 Å². The van der Waals surface area contributed by atoms with Crippen LogP contribution in [0, 0.1) is 0 Å². The minimum absolute atomic E-state index is 0.176. The third-order valence-electron chi connectivity index (χ3n) is 5.87. The SMILES string of the molecule is COc1cc2nccc(Oc3cccc(N(C)C)c3)c2cc1C(=O)NCCCN1CCOCC1. The van der Waals surface area contributed by atoms with E-state index >= 15 is 0 Å². The van der Waals surface area contributed by atoms with Gasteiger partial charge in [-0.1, -0.05) is 6.07 Å². The molecule has 8 nitrogen and oxygen atoms in total. The Morgan fingerprint density at radius 1 is 1.15 bits per heavy atom. The van der Waals surface area contributed by atoms with E-state index in [0.717, 1.165) is 50.3 Å². The van der Waals surface area contributed by atoms with Crippen molar-refractivity contribution >= 4 is 22.5 Å².